The summed E-state index contributed by atoms with van der Waals surface area (Å²) in [7, 11) is 1.85. The molecule has 0 spiro atoms. The number of aliphatic imine (C=N–C) groups is 1. The first kappa shape index (κ1) is 20.6. The van der Waals surface area contributed by atoms with Gasteiger partial charge in [-0.3, -0.25) is 9.89 Å². The Bertz CT molecular complexity index is 815. The average Bonchev–Trinajstić information content (AvgIpc) is 2.81. The number of hydrogen-bond acceptors (Lipinski definition) is 6. The lowest BCUT2D eigenvalue weighted by Crippen LogP contribution is -2.52. The van der Waals surface area contributed by atoms with Crippen molar-refractivity contribution in [1.29, 1.82) is 0 Å². The molecule has 3 heterocycles. The van der Waals surface area contributed by atoms with Gasteiger partial charge in [-0.15, -0.1) is 0 Å². The van der Waals surface area contributed by atoms with Gasteiger partial charge >= 0.3 is 0 Å². The maximum atomic E-state index is 5.45. The SMILES string of the molecule is CN=C(NCc1cccc(CN2CCOCC2)c1)N1CCN(c2ncccn2)CC1. The Morgan fingerprint density at radius 2 is 1.73 bits per heavy atom. The molecular formula is C22H31N7O. The third kappa shape index (κ3) is 5.46. The third-order valence-electron chi connectivity index (χ3n) is 5.58. The van der Waals surface area contributed by atoms with Crippen molar-refractivity contribution in [2.75, 3.05) is 64.4 Å². The highest BCUT2D eigenvalue weighted by atomic mass is 16.5. The van der Waals surface area contributed by atoms with Crippen LogP contribution in [0.1, 0.15) is 11.1 Å². The Kier molecular flexibility index (Phi) is 7.10. The van der Waals surface area contributed by atoms with E-state index < -0.39 is 0 Å². The van der Waals surface area contributed by atoms with Crippen molar-refractivity contribution in [2.24, 2.45) is 4.99 Å². The molecule has 1 N–H and O–H groups in total. The largest absolute Gasteiger partial charge is 0.379 e. The number of aromatic nitrogens is 2. The normalized spacial score (nSPS) is 18.5. The molecule has 0 aliphatic carbocycles. The van der Waals surface area contributed by atoms with Gasteiger partial charge in [-0.2, -0.15) is 0 Å². The predicted octanol–water partition coefficient (Wildman–Crippen LogP) is 1.21. The third-order valence-corrected chi connectivity index (χ3v) is 5.58. The highest BCUT2D eigenvalue weighted by molar-refractivity contribution is 5.80. The van der Waals surface area contributed by atoms with Gasteiger partial charge in [0.1, 0.15) is 0 Å². The van der Waals surface area contributed by atoms with E-state index in [1.54, 1.807) is 12.4 Å². The summed E-state index contributed by atoms with van der Waals surface area (Å²) < 4.78 is 5.45. The highest BCUT2D eigenvalue weighted by Crippen LogP contribution is 2.12. The van der Waals surface area contributed by atoms with Gasteiger partial charge in [-0.25, -0.2) is 9.97 Å². The minimum Gasteiger partial charge on any atom is -0.379 e. The van der Waals surface area contributed by atoms with Crippen LogP contribution in [0.3, 0.4) is 0 Å². The van der Waals surface area contributed by atoms with E-state index in [4.69, 9.17) is 4.74 Å². The number of morpholine rings is 1. The van der Waals surface area contributed by atoms with E-state index in [1.807, 2.05) is 13.1 Å². The van der Waals surface area contributed by atoms with Crippen LogP contribution in [0.2, 0.25) is 0 Å². The van der Waals surface area contributed by atoms with Crippen molar-refractivity contribution in [3.63, 3.8) is 0 Å². The molecule has 30 heavy (non-hydrogen) atoms. The zero-order chi connectivity index (χ0) is 20.6. The molecule has 0 radical (unpaired) electrons. The fourth-order valence-corrected chi connectivity index (χ4v) is 3.94. The smallest absolute Gasteiger partial charge is 0.225 e. The van der Waals surface area contributed by atoms with Gasteiger partial charge < -0.3 is 19.9 Å². The summed E-state index contributed by atoms with van der Waals surface area (Å²) in [4.78, 5) is 20.2. The Hall–Kier alpha value is -2.71. The summed E-state index contributed by atoms with van der Waals surface area (Å²) in [5.41, 5.74) is 2.63. The van der Waals surface area contributed by atoms with E-state index in [0.29, 0.717) is 0 Å². The molecule has 2 fully saturated rings. The van der Waals surface area contributed by atoms with Crippen LogP contribution in [-0.4, -0.2) is 85.3 Å². The zero-order valence-corrected chi connectivity index (χ0v) is 17.7. The van der Waals surface area contributed by atoms with Crippen LogP contribution in [0.5, 0.6) is 0 Å². The summed E-state index contributed by atoms with van der Waals surface area (Å²) in [5.74, 6) is 1.75. The molecule has 2 aliphatic heterocycles. The lowest BCUT2D eigenvalue weighted by molar-refractivity contribution is 0.0342. The molecule has 0 bridgehead atoms. The summed E-state index contributed by atoms with van der Waals surface area (Å²) in [5, 5.41) is 3.53. The zero-order valence-electron chi connectivity index (χ0n) is 17.7. The van der Waals surface area contributed by atoms with Crippen LogP contribution >= 0.6 is 0 Å². The highest BCUT2D eigenvalue weighted by Gasteiger charge is 2.21. The Morgan fingerprint density at radius 1 is 1.00 bits per heavy atom. The Morgan fingerprint density at radius 3 is 2.47 bits per heavy atom. The number of guanidine groups is 1. The molecule has 2 saturated heterocycles. The number of benzene rings is 1. The number of nitrogens with one attached hydrogen (secondary N) is 1. The maximum Gasteiger partial charge on any atom is 0.225 e. The number of hydrogen-bond donors (Lipinski definition) is 1. The molecular weight excluding hydrogens is 378 g/mol. The van der Waals surface area contributed by atoms with E-state index in [9.17, 15) is 0 Å². The average molecular weight is 410 g/mol. The first-order valence-electron chi connectivity index (χ1n) is 10.7. The van der Waals surface area contributed by atoms with Crippen molar-refractivity contribution in [3.8, 4) is 0 Å². The molecule has 1 aromatic carbocycles. The molecule has 8 heteroatoms. The molecule has 0 unspecified atom stereocenters. The van der Waals surface area contributed by atoms with Crippen LogP contribution < -0.4 is 10.2 Å². The number of anilines is 1. The molecule has 2 aliphatic rings. The van der Waals surface area contributed by atoms with E-state index in [-0.39, 0.29) is 0 Å². The second-order valence-corrected chi connectivity index (χ2v) is 7.63. The number of ether oxygens (including phenoxy) is 1. The quantitative estimate of drug-likeness (QED) is 0.588. The number of rotatable bonds is 5. The maximum absolute atomic E-state index is 5.45. The summed E-state index contributed by atoms with van der Waals surface area (Å²) in [6, 6.07) is 10.7. The van der Waals surface area contributed by atoms with Gasteiger partial charge in [-0.1, -0.05) is 24.3 Å². The van der Waals surface area contributed by atoms with Gasteiger partial charge in [-0.05, 0) is 17.2 Å². The van der Waals surface area contributed by atoms with Crippen LogP contribution in [-0.2, 0) is 17.8 Å². The van der Waals surface area contributed by atoms with Crippen molar-refractivity contribution >= 4 is 11.9 Å². The van der Waals surface area contributed by atoms with E-state index in [1.165, 1.54) is 11.1 Å². The summed E-state index contributed by atoms with van der Waals surface area (Å²) in [6.45, 7) is 9.01. The standard InChI is InChI=1S/C22H31N7O/c1-23-21(28-8-10-29(11-9-28)22-24-6-3-7-25-22)26-17-19-4-2-5-20(16-19)18-27-12-14-30-15-13-27/h2-7,16H,8-15,17-18H2,1H3,(H,23,26). The van der Waals surface area contributed by atoms with Crippen molar-refractivity contribution < 1.29 is 4.74 Å². The van der Waals surface area contributed by atoms with Crippen LogP contribution in [0.25, 0.3) is 0 Å². The van der Waals surface area contributed by atoms with Gasteiger partial charge in [0.2, 0.25) is 5.95 Å². The van der Waals surface area contributed by atoms with E-state index in [2.05, 4.69) is 59.2 Å². The Labute approximate surface area is 178 Å². The lowest BCUT2D eigenvalue weighted by atomic mass is 10.1. The monoisotopic (exact) mass is 409 g/mol. The molecule has 2 aromatic rings. The molecule has 160 valence electrons. The number of nitrogens with zero attached hydrogens (tertiary/aromatic N) is 6. The molecule has 0 atom stereocenters. The van der Waals surface area contributed by atoms with Gasteiger partial charge in [0.25, 0.3) is 0 Å². The summed E-state index contributed by atoms with van der Waals surface area (Å²) >= 11 is 0. The molecule has 4 rings (SSSR count). The minimum absolute atomic E-state index is 0.769. The van der Waals surface area contributed by atoms with Crippen LogP contribution in [0, 0.1) is 0 Å². The van der Waals surface area contributed by atoms with Crippen molar-refractivity contribution in [2.45, 2.75) is 13.1 Å². The fraction of sp³-hybridized carbons (Fsp3) is 0.500. The second-order valence-electron chi connectivity index (χ2n) is 7.63. The van der Waals surface area contributed by atoms with Crippen LogP contribution in [0.4, 0.5) is 5.95 Å². The molecule has 8 nitrogen and oxygen atoms in total. The first-order chi connectivity index (χ1) is 14.8. The van der Waals surface area contributed by atoms with Gasteiger partial charge in [0.05, 0.1) is 13.2 Å². The molecule has 1 aromatic heterocycles. The van der Waals surface area contributed by atoms with E-state index >= 15 is 0 Å². The van der Waals surface area contributed by atoms with E-state index in [0.717, 1.165) is 77.5 Å². The van der Waals surface area contributed by atoms with Crippen molar-refractivity contribution in [1.82, 2.24) is 25.1 Å². The minimum atomic E-state index is 0.769. The first-order valence-corrected chi connectivity index (χ1v) is 10.7. The predicted molar refractivity (Wildman–Crippen MR) is 119 cm³/mol. The lowest BCUT2D eigenvalue weighted by Gasteiger charge is -2.36. The molecule has 0 saturated carbocycles. The van der Waals surface area contributed by atoms with Crippen LogP contribution in [0.15, 0.2) is 47.7 Å². The van der Waals surface area contributed by atoms with Gasteiger partial charge in [0.15, 0.2) is 5.96 Å². The van der Waals surface area contributed by atoms with Gasteiger partial charge in [0, 0.05) is 71.8 Å². The van der Waals surface area contributed by atoms with Crippen molar-refractivity contribution in [3.05, 3.63) is 53.9 Å². The number of piperazine rings is 1. The summed E-state index contributed by atoms with van der Waals surface area (Å²) in [6.07, 6.45) is 3.59. The molecule has 0 amide bonds. The second kappa shape index (κ2) is 10.4. The Balaban J connectivity index is 1.28. The topological polar surface area (TPSA) is 69.1 Å². The fourth-order valence-electron chi connectivity index (χ4n) is 3.94.